The molecule has 0 fully saturated rings. The predicted octanol–water partition coefficient (Wildman–Crippen LogP) is 11.9. The van der Waals surface area contributed by atoms with Gasteiger partial charge in [0.2, 0.25) is 11.8 Å². The molecule has 6 nitrogen and oxygen atoms in total. The van der Waals surface area contributed by atoms with Crippen molar-refractivity contribution < 1.29 is 9.59 Å². The maximum atomic E-state index is 13.3. The van der Waals surface area contributed by atoms with Crippen LogP contribution in [-0.4, -0.2) is 75.0 Å². The standard InChI is InChI=1S/C47H88N4O2/c1-6-8-10-12-14-16-18-20-22-24-26-28-30-32-34-36-43-51(46(52)40-41-49-47(53)45(48-3)39-38-42-50(4)5)44-37-35-33-31-29-27-25-23-21-19-17-15-13-11-9-7-2/h14-17,20-23,45,48H,6-13,18-19,24-44H2,1-5H3,(H,49,53)/b16-14-,17-15-,22-20-,23-21-. The van der Waals surface area contributed by atoms with Crippen molar-refractivity contribution in [3.05, 3.63) is 48.6 Å². The van der Waals surface area contributed by atoms with E-state index in [4.69, 9.17) is 0 Å². The van der Waals surface area contributed by atoms with Crippen LogP contribution in [-0.2, 0) is 9.59 Å². The monoisotopic (exact) mass is 741 g/mol. The molecule has 6 heteroatoms. The Morgan fingerprint density at radius 3 is 1.36 bits per heavy atom. The zero-order valence-corrected chi connectivity index (χ0v) is 35.8. The van der Waals surface area contributed by atoms with E-state index in [1.165, 1.54) is 128 Å². The third-order valence-electron chi connectivity index (χ3n) is 10.0. The van der Waals surface area contributed by atoms with Gasteiger partial charge in [-0.3, -0.25) is 9.59 Å². The van der Waals surface area contributed by atoms with E-state index < -0.39 is 0 Å². The average Bonchev–Trinajstić information content (AvgIpc) is 3.15. The first-order valence-corrected chi connectivity index (χ1v) is 22.4. The zero-order valence-electron chi connectivity index (χ0n) is 35.8. The molecule has 1 unspecified atom stereocenters. The number of nitrogens with zero attached hydrogens (tertiary/aromatic N) is 2. The summed E-state index contributed by atoms with van der Waals surface area (Å²) < 4.78 is 0. The lowest BCUT2D eigenvalue weighted by molar-refractivity contribution is -0.131. The second-order valence-electron chi connectivity index (χ2n) is 15.4. The number of hydrogen-bond acceptors (Lipinski definition) is 4. The highest BCUT2D eigenvalue weighted by atomic mass is 16.2. The molecule has 0 heterocycles. The number of amides is 2. The fourth-order valence-corrected chi connectivity index (χ4v) is 6.54. The summed E-state index contributed by atoms with van der Waals surface area (Å²) in [7, 11) is 5.95. The van der Waals surface area contributed by atoms with E-state index in [0.717, 1.165) is 58.2 Å². The first-order valence-electron chi connectivity index (χ1n) is 22.4. The highest BCUT2D eigenvalue weighted by Crippen LogP contribution is 2.12. The third-order valence-corrected chi connectivity index (χ3v) is 10.0. The van der Waals surface area contributed by atoms with Gasteiger partial charge in [0.1, 0.15) is 0 Å². The van der Waals surface area contributed by atoms with Crippen LogP contribution in [0.4, 0.5) is 0 Å². The van der Waals surface area contributed by atoms with E-state index >= 15 is 0 Å². The normalized spacial score (nSPS) is 12.7. The van der Waals surface area contributed by atoms with Crippen LogP contribution in [0.25, 0.3) is 0 Å². The van der Waals surface area contributed by atoms with Gasteiger partial charge in [-0.15, -0.1) is 0 Å². The quantitative estimate of drug-likeness (QED) is 0.0486. The fraction of sp³-hybridized carbons (Fsp3) is 0.787. The number of carbonyl (C=O) groups excluding carboxylic acids is 2. The zero-order chi connectivity index (χ0) is 38.9. The summed E-state index contributed by atoms with van der Waals surface area (Å²) in [6.07, 6.45) is 50.2. The maximum absolute atomic E-state index is 13.3. The average molecular weight is 741 g/mol. The highest BCUT2D eigenvalue weighted by molar-refractivity contribution is 5.82. The van der Waals surface area contributed by atoms with Crippen molar-refractivity contribution in [2.75, 3.05) is 47.3 Å². The predicted molar refractivity (Wildman–Crippen MR) is 234 cm³/mol. The van der Waals surface area contributed by atoms with Crippen molar-refractivity contribution in [3.63, 3.8) is 0 Å². The van der Waals surface area contributed by atoms with Crippen LogP contribution in [0.3, 0.4) is 0 Å². The Morgan fingerprint density at radius 1 is 0.528 bits per heavy atom. The molecule has 0 aromatic heterocycles. The molecular formula is C47H88N4O2. The Morgan fingerprint density at radius 2 is 0.943 bits per heavy atom. The van der Waals surface area contributed by atoms with E-state index in [1.807, 2.05) is 7.05 Å². The lowest BCUT2D eigenvalue weighted by atomic mass is 10.1. The van der Waals surface area contributed by atoms with Crippen LogP contribution in [0.5, 0.6) is 0 Å². The highest BCUT2D eigenvalue weighted by Gasteiger charge is 2.17. The number of carbonyl (C=O) groups is 2. The Labute approximate surface area is 330 Å². The first-order chi connectivity index (χ1) is 26.0. The molecule has 0 rings (SSSR count). The van der Waals surface area contributed by atoms with Crippen molar-refractivity contribution in [2.24, 2.45) is 0 Å². The molecule has 0 radical (unpaired) electrons. The van der Waals surface area contributed by atoms with Gasteiger partial charge in [0, 0.05) is 26.1 Å². The lowest BCUT2D eigenvalue weighted by Gasteiger charge is -2.23. The molecular weight excluding hydrogens is 653 g/mol. The van der Waals surface area contributed by atoms with Crippen LogP contribution in [0.15, 0.2) is 48.6 Å². The summed E-state index contributed by atoms with van der Waals surface area (Å²) in [6, 6.07) is -0.210. The lowest BCUT2D eigenvalue weighted by Crippen LogP contribution is -2.44. The molecule has 0 aromatic rings. The third kappa shape index (κ3) is 36.6. The van der Waals surface area contributed by atoms with Crippen molar-refractivity contribution in [3.8, 4) is 0 Å². The Kier molecular flexibility index (Phi) is 39.3. The maximum Gasteiger partial charge on any atom is 0.237 e. The van der Waals surface area contributed by atoms with Crippen molar-refractivity contribution >= 4 is 11.8 Å². The largest absolute Gasteiger partial charge is 0.354 e. The number of unbranched alkanes of at least 4 members (excludes halogenated alkanes) is 18. The van der Waals surface area contributed by atoms with Gasteiger partial charge in [0.15, 0.2) is 0 Å². The Bertz CT molecular complexity index is 878. The van der Waals surface area contributed by atoms with Gasteiger partial charge < -0.3 is 20.4 Å². The van der Waals surface area contributed by atoms with E-state index in [1.54, 1.807) is 0 Å². The summed E-state index contributed by atoms with van der Waals surface area (Å²) in [4.78, 5) is 30.3. The summed E-state index contributed by atoms with van der Waals surface area (Å²) >= 11 is 0. The van der Waals surface area contributed by atoms with Crippen LogP contribution < -0.4 is 10.6 Å². The summed E-state index contributed by atoms with van der Waals surface area (Å²) in [6.45, 7) is 7.56. The van der Waals surface area contributed by atoms with Gasteiger partial charge in [0.25, 0.3) is 0 Å². The minimum Gasteiger partial charge on any atom is -0.354 e. The van der Waals surface area contributed by atoms with Gasteiger partial charge in [0.05, 0.1) is 6.04 Å². The van der Waals surface area contributed by atoms with E-state index in [-0.39, 0.29) is 17.9 Å². The second-order valence-corrected chi connectivity index (χ2v) is 15.4. The number of rotatable bonds is 39. The smallest absolute Gasteiger partial charge is 0.237 e. The van der Waals surface area contributed by atoms with Gasteiger partial charge in [-0.1, -0.05) is 140 Å². The number of hydrogen-bond donors (Lipinski definition) is 2. The number of nitrogens with one attached hydrogen (secondary N) is 2. The van der Waals surface area contributed by atoms with Crippen LogP contribution >= 0.6 is 0 Å². The van der Waals surface area contributed by atoms with Crippen LogP contribution in [0.2, 0.25) is 0 Å². The molecule has 2 amide bonds. The summed E-state index contributed by atoms with van der Waals surface area (Å²) in [5.41, 5.74) is 0. The molecule has 0 saturated heterocycles. The van der Waals surface area contributed by atoms with Gasteiger partial charge in [-0.25, -0.2) is 0 Å². The molecule has 53 heavy (non-hydrogen) atoms. The minimum absolute atomic E-state index is 0.000807. The second kappa shape index (κ2) is 41.0. The summed E-state index contributed by atoms with van der Waals surface area (Å²) in [5, 5.41) is 6.17. The van der Waals surface area contributed by atoms with Crippen LogP contribution in [0, 0.1) is 0 Å². The molecule has 0 aliphatic carbocycles. The molecule has 0 aliphatic rings. The molecule has 0 bridgehead atoms. The van der Waals surface area contributed by atoms with Gasteiger partial charge in [-0.2, -0.15) is 0 Å². The van der Waals surface area contributed by atoms with Crippen LogP contribution in [0.1, 0.15) is 187 Å². The van der Waals surface area contributed by atoms with Crippen molar-refractivity contribution in [2.45, 2.75) is 193 Å². The molecule has 0 spiro atoms. The molecule has 0 aromatic carbocycles. The molecule has 2 N–H and O–H groups in total. The fourth-order valence-electron chi connectivity index (χ4n) is 6.54. The van der Waals surface area contributed by atoms with E-state index in [2.05, 4.69) is 97.0 Å². The van der Waals surface area contributed by atoms with Gasteiger partial charge >= 0.3 is 0 Å². The van der Waals surface area contributed by atoms with Crippen molar-refractivity contribution in [1.29, 1.82) is 0 Å². The molecule has 308 valence electrons. The minimum atomic E-state index is -0.210. The van der Waals surface area contributed by atoms with Gasteiger partial charge in [-0.05, 0) is 118 Å². The summed E-state index contributed by atoms with van der Waals surface area (Å²) in [5.74, 6) is 0.185. The first kappa shape index (κ1) is 50.8. The number of likely N-dealkylation sites (N-methyl/N-ethyl adjacent to an activating group) is 1. The number of allylic oxidation sites excluding steroid dienone is 8. The molecule has 0 saturated carbocycles. The SMILES string of the molecule is CCCCC/C=C\C/C=C\CCCCCCCCN(CCCCCCCC/C=C\C/C=C\CCCCC)C(=O)CCNC(=O)C(CCCN(C)C)NC. The van der Waals surface area contributed by atoms with E-state index in [9.17, 15) is 9.59 Å². The van der Waals surface area contributed by atoms with Crippen molar-refractivity contribution in [1.82, 2.24) is 20.4 Å². The molecule has 1 atom stereocenters. The van der Waals surface area contributed by atoms with E-state index in [0.29, 0.717) is 13.0 Å². The Balaban J connectivity index is 4.43. The Hall–Kier alpha value is -2.18. The molecule has 0 aliphatic heterocycles. The topological polar surface area (TPSA) is 64.7 Å².